The molecule has 0 atom stereocenters. The maximum absolute atomic E-state index is 13.1. The molecule has 0 radical (unpaired) electrons. The Balaban J connectivity index is 2.78. The standard InChI is InChI=1S/C9H13F2N3O/c1-2-3-4-15-9-7(11)5-6(10)8(13-9)14-12/h5H,2-4,12H2,1H3,(H,13,14). The number of pyridine rings is 1. The molecule has 0 aromatic carbocycles. The van der Waals surface area contributed by atoms with Crippen LogP contribution in [0, 0.1) is 11.6 Å². The number of hydrogen-bond donors (Lipinski definition) is 2. The minimum absolute atomic E-state index is 0.233. The van der Waals surface area contributed by atoms with Gasteiger partial charge in [-0.25, -0.2) is 14.6 Å². The number of nitrogens with zero attached hydrogens (tertiary/aromatic N) is 1. The zero-order chi connectivity index (χ0) is 11.3. The molecule has 6 heteroatoms. The first-order chi connectivity index (χ1) is 7.19. The molecule has 0 bridgehead atoms. The first-order valence-electron chi connectivity index (χ1n) is 4.64. The zero-order valence-corrected chi connectivity index (χ0v) is 8.39. The summed E-state index contributed by atoms with van der Waals surface area (Å²) < 4.78 is 31.0. The number of halogens is 2. The van der Waals surface area contributed by atoms with Crippen molar-refractivity contribution in [2.75, 3.05) is 12.0 Å². The second-order valence-electron chi connectivity index (χ2n) is 2.95. The lowest BCUT2D eigenvalue weighted by atomic mass is 10.3. The topological polar surface area (TPSA) is 60.2 Å². The van der Waals surface area contributed by atoms with Crippen LogP contribution in [0.5, 0.6) is 5.88 Å². The number of unbranched alkanes of at least 4 members (excludes halogenated alkanes) is 1. The number of aromatic nitrogens is 1. The molecule has 1 aromatic heterocycles. The predicted molar refractivity (Wildman–Crippen MR) is 52.4 cm³/mol. The molecule has 0 spiro atoms. The Kier molecular flexibility index (Phi) is 4.23. The first kappa shape index (κ1) is 11.6. The monoisotopic (exact) mass is 217 g/mol. The van der Waals surface area contributed by atoms with E-state index >= 15 is 0 Å². The quantitative estimate of drug-likeness (QED) is 0.448. The van der Waals surface area contributed by atoms with Gasteiger partial charge in [-0.1, -0.05) is 13.3 Å². The van der Waals surface area contributed by atoms with Gasteiger partial charge in [-0.15, -0.1) is 0 Å². The third kappa shape index (κ3) is 3.02. The van der Waals surface area contributed by atoms with Gasteiger partial charge in [0.25, 0.3) is 5.88 Å². The van der Waals surface area contributed by atoms with E-state index in [1.807, 2.05) is 12.3 Å². The lowest BCUT2D eigenvalue weighted by Crippen LogP contribution is -2.12. The van der Waals surface area contributed by atoms with Gasteiger partial charge < -0.3 is 10.2 Å². The average Bonchev–Trinajstić information content (AvgIpc) is 2.21. The van der Waals surface area contributed by atoms with Gasteiger partial charge in [-0.05, 0) is 6.42 Å². The van der Waals surface area contributed by atoms with Crippen molar-refractivity contribution in [1.82, 2.24) is 4.98 Å². The Morgan fingerprint density at radius 2 is 2.20 bits per heavy atom. The summed E-state index contributed by atoms with van der Waals surface area (Å²) in [7, 11) is 0. The third-order valence-electron chi connectivity index (χ3n) is 1.77. The fourth-order valence-electron chi connectivity index (χ4n) is 0.965. The van der Waals surface area contributed by atoms with Gasteiger partial charge in [0.15, 0.2) is 17.5 Å². The van der Waals surface area contributed by atoms with Gasteiger partial charge >= 0.3 is 0 Å². The highest BCUT2D eigenvalue weighted by atomic mass is 19.1. The van der Waals surface area contributed by atoms with Gasteiger partial charge in [0.05, 0.1) is 6.61 Å². The average molecular weight is 217 g/mol. The van der Waals surface area contributed by atoms with Crippen LogP contribution in [0.3, 0.4) is 0 Å². The van der Waals surface area contributed by atoms with Crippen LogP contribution in [0.1, 0.15) is 19.8 Å². The van der Waals surface area contributed by atoms with Crippen LogP contribution in [-0.2, 0) is 0 Å². The van der Waals surface area contributed by atoms with Gasteiger partial charge in [0, 0.05) is 6.07 Å². The second-order valence-corrected chi connectivity index (χ2v) is 2.95. The SMILES string of the molecule is CCCCOc1nc(NN)c(F)cc1F. The molecule has 0 aliphatic rings. The molecule has 0 fully saturated rings. The number of rotatable bonds is 5. The molecule has 0 aliphatic heterocycles. The van der Waals surface area contributed by atoms with Crippen molar-refractivity contribution >= 4 is 5.82 Å². The Hall–Kier alpha value is -1.43. The highest BCUT2D eigenvalue weighted by Gasteiger charge is 2.11. The van der Waals surface area contributed by atoms with E-state index < -0.39 is 11.6 Å². The smallest absolute Gasteiger partial charge is 0.252 e. The molecule has 0 aliphatic carbocycles. The molecule has 0 saturated heterocycles. The minimum Gasteiger partial charge on any atom is -0.476 e. The molecule has 3 N–H and O–H groups in total. The molecule has 4 nitrogen and oxygen atoms in total. The summed E-state index contributed by atoms with van der Waals surface area (Å²) in [5.74, 6) is 2.84. The molecule has 84 valence electrons. The Morgan fingerprint density at radius 3 is 2.80 bits per heavy atom. The van der Waals surface area contributed by atoms with E-state index in [1.165, 1.54) is 0 Å². The number of nitrogens with one attached hydrogen (secondary N) is 1. The predicted octanol–water partition coefficient (Wildman–Crippen LogP) is 1.82. The highest BCUT2D eigenvalue weighted by molar-refractivity contribution is 5.38. The molecule has 0 unspecified atom stereocenters. The van der Waals surface area contributed by atoms with Crippen LogP contribution in [0.25, 0.3) is 0 Å². The summed E-state index contributed by atoms with van der Waals surface area (Å²) in [4.78, 5) is 3.55. The van der Waals surface area contributed by atoms with Crippen LogP contribution < -0.4 is 16.0 Å². The Morgan fingerprint density at radius 1 is 1.47 bits per heavy atom. The van der Waals surface area contributed by atoms with Gasteiger partial charge in [-0.2, -0.15) is 4.98 Å². The molecule has 0 saturated carbocycles. The molecule has 15 heavy (non-hydrogen) atoms. The van der Waals surface area contributed by atoms with E-state index in [0.717, 1.165) is 12.8 Å². The number of nitrogen functional groups attached to an aromatic ring is 1. The van der Waals surface area contributed by atoms with E-state index in [9.17, 15) is 8.78 Å². The van der Waals surface area contributed by atoms with E-state index in [-0.39, 0.29) is 11.7 Å². The summed E-state index contributed by atoms with van der Waals surface area (Å²) in [6, 6.07) is 0.684. The van der Waals surface area contributed by atoms with Gasteiger partial charge in [0.2, 0.25) is 0 Å². The van der Waals surface area contributed by atoms with Crippen LogP contribution in [0.15, 0.2) is 6.07 Å². The molecule has 1 rings (SSSR count). The van der Waals surface area contributed by atoms with E-state index in [1.54, 1.807) is 0 Å². The van der Waals surface area contributed by atoms with Crippen LogP contribution in [-0.4, -0.2) is 11.6 Å². The lowest BCUT2D eigenvalue weighted by Gasteiger charge is -2.07. The molecular formula is C9H13F2N3O. The maximum atomic E-state index is 13.1. The van der Waals surface area contributed by atoms with Crippen molar-refractivity contribution in [1.29, 1.82) is 0 Å². The van der Waals surface area contributed by atoms with Crippen molar-refractivity contribution < 1.29 is 13.5 Å². The van der Waals surface area contributed by atoms with Crippen molar-refractivity contribution in [3.8, 4) is 5.88 Å². The lowest BCUT2D eigenvalue weighted by molar-refractivity contribution is 0.281. The van der Waals surface area contributed by atoms with Crippen LogP contribution >= 0.6 is 0 Å². The molecule has 1 heterocycles. The van der Waals surface area contributed by atoms with Gasteiger partial charge in [0.1, 0.15) is 0 Å². The van der Waals surface area contributed by atoms with Crippen molar-refractivity contribution in [2.24, 2.45) is 5.84 Å². The maximum Gasteiger partial charge on any atom is 0.252 e. The van der Waals surface area contributed by atoms with Crippen molar-refractivity contribution in [3.05, 3.63) is 17.7 Å². The normalized spacial score (nSPS) is 10.1. The number of hydrazine groups is 1. The fourth-order valence-corrected chi connectivity index (χ4v) is 0.965. The first-order valence-corrected chi connectivity index (χ1v) is 4.64. The Labute approximate surface area is 86.4 Å². The van der Waals surface area contributed by atoms with E-state index in [2.05, 4.69) is 4.98 Å². The molecule has 0 amide bonds. The summed E-state index contributed by atoms with van der Waals surface area (Å²) in [5, 5.41) is 0. The van der Waals surface area contributed by atoms with Gasteiger partial charge in [-0.3, -0.25) is 0 Å². The highest BCUT2D eigenvalue weighted by Crippen LogP contribution is 2.20. The summed E-state index contributed by atoms with van der Waals surface area (Å²) in [6.07, 6.45) is 1.70. The third-order valence-corrected chi connectivity index (χ3v) is 1.77. The summed E-state index contributed by atoms with van der Waals surface area (Å²) in [5.41, 5.74) is 2.02. The minimum atomic E-state index is -0.849. The number of nitrogens with two attached hydrogens (primary N) is 1. The summed E-state index contributed by atoms with van der Waals surface area (Å²) in [6.45, 7) is 2.32. The summed E-state index contributed by atoms with van der Waals surface area (Å²) >= 11 is 0. The fraction of sp³-hybridized carbons (Fsp3) is 0.444. The Bertz CT molecular complexity index is 333. The van der Waals surface area contributed by atoms with Crippen LogP contribution in [0.4, 0.5) is 14.6 Å². The second kappa shape index (κ2) is 5.45. The molecular weight excluding hydrogens is 204 g/mol. The van der Waals surface area contributed by atoms with Crippen molar-refractivity contribution in [2.45, 2.75) is 19.8 Å². The van der Waals surface area contributed by atoms with Crippen molar-refractivity contribution in [3.63, 3.8) is 0 Å². The van der Waals surface area contributed by atoms with Crippen LogP contribution in [0.2, 0.25) is 0 Å². The largest absolute Gasteiger partial charge is 0.476 e. The number of ether oxygens (including phenoxy) is 1. The number of hydrogen-bond acceptors (Lipinski definition) is 4. The van der Waals surface area contributed by atoms with E-state index in [4.69, 9.17) is 10.6 Å². The number of anilines is 1. The zero-order valence-electron chi connectivity index (χ0n) is 8.39. The van der Waals surface area contributed by atoms with E-state index in [0.29, 0.717) is 12.7 Å². The molecule has 1 aromatic rings.